The fourth-order valence-corrected chi connectivity index (χ4v) is 4.12. The number of sulfonamides is 1. The number of ether oxygens (including phenoxy) is 1. The van der Waals surface area contributed by atoms with E-state index in [2.05, 4.69) is 5.32 Å². The number of hydrogen-bond acceptors (Lipinski definition) is 4. The summed E-state index contributed by atoms with van der Waals surface area (Å²) >= 11 is 0. The summed E-state index contributed by atoms with van der Waals surface area (Å²) in [5, 5.41) is 2.69. The van der Waals surface area contributed by atoms with Gasteiger partial charge in [-0.25, -0.2) is 12.8 Å². The third kappa shape index (κ3) is 4.77. The maximum absolute atomic E-state index is 14.0. The van der Waals surface area contributed by atoms with Gasteiger partial charge in [0.05, 0.1) is 23.7 Å². The average molecular weight is 372 g/mol. The van der Waals surface area contributed by atoms with Gasteiger partial charge in [0.25, 0.3) is 5.91 Å². The molecule has 1 heterocycles. The lowest BCUT2D eigenvalue weighted by Gasteiger charge is -2.26. The molecule has 0 aliphatic carbocycles. The topological polar surface area (TPSA) is 75.7 Å². The second kappa shape index (κ2) is 8.73. The lowest BCUT2D eigenvalue weighted by Crippen LogP contribution is -2.40. The molecular weight excluding hydrogens is 347 g/mol. The van der Waals surface area contributed by atoms with E-state index in [4.69, 9.17) is 4.74 Å². The molecule has 0 spiro atoms. The van der Waals surface area contributed by atoms with Crippen LogP contribution in [-0.2, 0) is 14.8 Å². The van der Waals surface area contributed by atoms with Crippen LogP contribution in [0.25, 0.3) is 0 Å². The van der Waals surface area contributed by atoms with Gasteiger partial charge < -0.3 is 10.1 Å². The van der Waals surface area contributed by atoms with Gasteiger partial charge in [-0.15, -0.1) is 0 Å². The number of rotatable bonds is 7. The molecule has 25 heavy (non-hydrogen) atoms. The van der Waals surface area contributed by atoms with E-state index in [1.54, 1.807) is 0 Å². The summed E-state index contributed by atoms with van der Waals surface area (Å²) in [7, 11) is -3.77. The van der Waals surface area contributed by atoms with Gasteiger partial charge >= 0.3 is 0 Å². The predicted molar refractivity (Wildman–Crippen MR) is 92.4 cm³/mol. The zero-order valence-corrected chi connectivity index (χ0v) is 15.4. The van der Waals surface area contributed by atoms with Crippen molar-refractivity contribution in [1.29, 1.82) is 0 Å². The van der Waals surface area contributed by atoms with Crippen LogP contribution >= 0.6 is 0 Å². The second-order valence-corrected chi connectivity index (χ2v) is 7.99. The van der Waals surface area contributed by atoms with E-state index in [0.29, 0.717) is 25.7 Å². The third-order valence-electron chi connectivity index (χ3n) is 4.50. The Morgan fingerprint density at radius 1 is 1.28 bits per heavy atom. The Bertz CT molecular complexity index is 699. The lowest BCUT2D eigenvalue weighted by atomic mass is 10.0. The van der Waals surface area contributed by atoms with E-state index in [1.807, 2.05) is 13.8 Å². The minimum atomic E-state index is -3.77. The molecular formula is C17H25FN2O4S. The van der Waals surface area contributed by atoms with Crippen LogP contribution in [0, 0.1) is 11.7 Å². The number of nitrogens with zero attached hydrogens (tertiary/aromatic N) is 1. The van der Waals surface area contributed by atoms with E-state index in [9.17, 15) is 17.6 Å². The van der Waals surface area contributed by atoms with Crippen LogP contribution in [0.2, 0.25) is 0 Å². The molecule has 0 saturated carbocycles. The Morgan fingerprint density at radius 2 is 1.92 bits per heavy atom. The molecule has 1 amide bonds. The van der Waals surface area contributed by atoms with Gasteiger partial charge in [-0.05, 0) is 24.1 Å². The van der Waals surface area contributed by atoms with E-state index in [1.165, 1.54) is 10.4 Å². The number of amides is 1. The van der Waals surface area contributed by atoms with Gasteiger partial charge in [0, 0.05) is 19.6 Å². The van der Waals surface area contributed by atoms with Gasteiger partial charge in [-0.2, -0.15) is 4.31 Å². The highest BCUT2D eigenvalue weighted by molar-refractivity contribution is 7.89. The first kappa shape index (κ1) is 19.8. The van der Waals surface area contributed by atoms with Crippen molar-refractivity contribution in [3.63, 3.8) is 0 Å². The first-order valence-corrected chi connectivity index (χ1v) is 9.99. The molecule has 0 unspecified atom stereocenters. The summed E-state index contributed by atoms with van der Waals surface area (Å²) in [6.45, 7) is 5.62. The van der Waals surface area contributed by atoms with Crippen LogP contribution in [0.3, 0.4) is 0 Å². The zero-order chi connectivity index (χ0) is 18.4. The summed E-state index contributed by atoms with van der Waals surface area (Å²) in [6, 6.07) is 3.33. The largest absolute Gasteiger partial charge is 0.379 e. The fraction of sp³-hybridized carbons (Fsp3) is 0.588. The fourth-order valence-electron chi connectivity index (χ4n) is 2.68. The smallest absolute Gasteiger partial charge is 0.254 e. The maximum Gasteiger partial charge on any atom is 0.254 e. The normalized spacial score (nSPS) is 16.2. The minimum absolute atomic E-state index is 0.0801. The van der Waals surface area contributed by atoms with Crippen molar-refractivity contribution in [3.05, 3.63) is 29.6 Å². The number of benzene rings is 1. The second-order valence-electron chi connectivity index (χ2n) is 6.05. The van der Waals surface area contributed by atoms with E-state index in [0.717, 1.165) is 25.0 Å². The Morgan fingerprint density at radius 3 is 2.52 bits per heavy atom. The third-order valence-corrected chi connectivity index (χ3v) is 6.39. The van der Waals surface area contributed by atoms with Crippen molar-refractivity contribution in [2.75, 3.05) is 32.8 Å². The molecule has 6 nitrogen and oxygen atoms in total. The average Bonchev–Trinajstić information content (AvgIpc) is 2.63. The van der Waals surface area contributed by atoms with Crippen LogP contribution in [0.5, 0.6) is 0 Å². The molecule has 8 heteroatoms. The molecule has 2 rings (SSSR count). The van der Waals surface area contributed by atoms with Crippen LogP contribution < -0.4 is 5.32 Å². The summed E-state index contributed by atoms with van der Waals surface area (Å²) in [5.74, 6) is -1.02. The highest BCUT2D eigenvalue weighted by Crippen LogP contribution is 2.20. The molecule has 1 aromatic carbocycles. The van der Waals surface area contributed by atoms with Gasteiger partial charge in [0.15, 0.2) is 0 Å². The molecule has 1 aliphatic rings. The molecule has 1 aliphatic heterocycles. The number of carbonyl (C=O) groups is 1. The molecule has 0 aromatic heterocycles. The van der Waals surface area contributed by atoms with Crippen molar-refractivity contribution >= 4 is 15.9 Å². The molecule has 1 aromatic rings. The Labute approximate surface area is 148 Å². The summed E-state index contributed by atoms with van der Waals surface area (Å²) in [5.41, 5.74) is -0.250. The zero-order valence-electron chi connectivity index (χ0n) is 14.6. The Hall–Kier alpha value is -1.51. The van der Waals surface area contributed by atoms with Crippen molar-refractivity contribution in [3.8, 4) is 0 Å². The summed E-state index contributed by atoms with van der Waals surface area (Å²) in [4.78, 5) is 12.2. The van der Waals surface area contributed by atoms with Gasteiger partial charge in [0.2, 0.25) is 10.0 Å². The molecule has 1 saturated heterocycles. The van der Waals surface area contributed by atoms with Gasteiger partial charge in [-0.1, -0.05) is 26.7 Å². The minimum Gasteiger partial charge on any atom is -0.379 e. The van der Waals surface area contributed by atoms with Crippen LogP contribution in [-0.4, -0.2) is 51.5 Å². The lowest BCUT2D eigenvalue weighted by molar-refractivity contribution is 0.0730. The standard InChI is InChI=1S/C17H25FN2O4S/c1-3-13(4-2)12-19-17(21)15-11-14(5-6-16(15)18)25(22,23)20-7-9-24-10-8-20/h5-6,11,13H,3-4,7-10,12H2,1-2H3,(H,19,21). The van der Waals surface area contributed by atoms with Crippen LogP contribution in [0.4, 0.5) is 4.39 Å². The van der Waals surface area contributed by atoms with E-state index >= 15 is 0 Å². The molecule has 0 bridgehead atoms. The number of carbonyl (C=O) groups excluding carboxylic acids is 1. The number of halogens is 1. The van der Waals surface area contributed by atoms with E-state index in [-0.39, 0.29) is 23.5 Å². The predicted octanol–water partition coefficient (Wildman–Crippen LogP) is 2.01. The summed E-state index contributed by atoms with van der Waals surface area (Å²) in [6.07, 6.45) is 1.81. The van der Waals surface area contributed by atoms with Crippen molar-refractivity contribution < 1.29 is 22.3 Å². The van der Waals surface area contributed by atoms with Crippen LogP contribution in [0.15, 0.2) is 23.1 Å². The van der Waals surface area contributed by atoms with E-state index < -0.39 is 21.7 Å². The van der Waals surface area contributed by atoms with Gasteiger partial charge in [0.1, 0.15) is 5.82 Å². The highest BCUT2D eigenvalue weighted by Gasteiger charge is 2.27. The molecule has 1 N–H and O–H groups in total. The van der Waals surface area contributed by atoms with Crippen molar-refractivity contribution in [2.45, 2.75) is 31.6 Å². The number of hydrogen-bond donors (Lipinski definition) is 1. The van der Waals surface area contributed by atoms with Crippen LogP contribution in [0.1, 0.15) is 37.0 Å². The maximum atomic E-state index is 14.0. The quantitative estimate of drug-likeness (QED) is 0.794. The molecule has 140 valence electrons. The first-order chi connectivity index (χ1) is 11.9. The Balaban J connectivity index is 2.20. The van der Waals surface area contributed by atoms with Crippen molar-refractivity contribution in [2.24, 2.45) is 5.92 Å². The number of morpholine rings is 1. The highest BCUT2D eigenvalue weighted by atomic mass is 32.2. The molecule has 0 radical (unpaired) electrons. The summed E-state index contributed by atoms with van der Waals surface area (Å²) < 4.78 is 45.8. The van der Waals surface area contributed by atoms with Crippen molar-refractivity contribution in [1.82, 2.24) is 9.62 Å². The molecule has 0 atom stereocenters. The number of nitrogens with one attached hydrogen (secondary N) is 1. The Kier molecular flexibility index (Phi) is 6.92. The first-order valence-electron chi connectivity index (χ1n) is 8.55. The molecule has 1 fully saturated rings. The monoisotopic (exact) mass is 372 g/mol. The SMILES string of the molecule is CCC(CC)CNC(=O)c1cc(S(=O)(=O)N2CCOCC2)ccc1F. The van der Waals surface area contributed by atoms with Gasteiger partial charge in [-0.3, -0.25) is 4.79 Å².